The second kappa shape index (κ2) is 3.70. The third-order valence-corrected chi connectivity index (χ3v) is 2.10. The Bertz CT molecular complexity index is 424. The molecule has 1 heterocycles. The summed E-state index contributed by atoms with van der Waals surface area (Å²) in [5.74, 6) is -0.937. The summed E-state index contributed by atoms with van der Waals surface area (Å²) in [6, 6.07) is 2.61. The van der Waals surface area contributed by atoms with E-state index >= 15 is 0 Å². The van der Waals surface area contributed by atoms with Crippen LogP contribution in [0, 0.1) is 0 Å². The van der Waals surface area contributed by atoms with Gasteiger partial charge < -0.3 is 19.4 Å². The van der Waals surface area contributed by atoms with Crippen LogP contribution in [0.5, 0.6) is 5.75 Å². The fraction of sp³-hybridized carbons (Fsp3) is 0.200. The summed E-state index contributed by atoms with van der Waals surface area (Å²) in [4.78, 5) is 21.4. The van der Waals surface area contributed by atoms with Crippen molar-refractivity contribution < 1.29 is 24.2 Å². The molecular weight excluding hydrogens is 200 g/mol. The van der Waals surface area contributed by atoms with Crippen molar-refractivity contribution >= 4 is 12.3 Å². The summed E-state index contributed by atoms with van der Waals surface area (Å²) >= 11 is 0. The summed E-state index contributed by atoms with van der Waals surface area (Å²) in [5, 5.41) is 10.6. The van der Waals surface area contributed by atoms with Crippen LogP contribution in [0.2, 0.25) is 0 Å². The van der Waals surface area contributed by atoms with Crippen LogP contribution in [0.25, 0.3) is 0 Å². The molecule has 1 aliphatic heterocycles. The van der Waals surface area contributed by atoms with Gasteiger partial charge in [-0.3, -0.25) is 4.79 Å². The molecule has 0 radical (unpaired) electrons. The van der Waals surface area contributed by atoms with E-state index in [9.17, 15) is 14.7 Å². The summed E-state index contributed by atoms with van der Waals surface area (Å²) in [7, 11) is 0. The molecule has 0 N–H and O–H groups in total. The van der Waals surface area contributed by atoms with Gasteiger partial charge in [0.2, 0.25) is 0 Å². The number of hydrogen-bond acceptors (Lipinski definition) is 5. The van der Waals surface area contributed by atoms with Crippen molar-refractivity contribution in [2.75, 3.05) is 6.79 Å². The smallest absolute Gasteiger partial charge is 0.189 e. The lowest BCUT2D eigenvalue weighted by atomic mass is 10.0. The van der Waals surface area contributed by atoms with Gasteiger partial charge in [-0.15, -0.1) is 0 Å². The molecule has 0 fully saturated rings. The Morgan fingerprint density at radius 1 is 1.47 bits per heavy atom. The van der Waals surface area contributed by atoms with Gasteiger partial charge in [0.25, 0.3) is 0 Å². The van der Waals surface area contributed by atoms with Gasteiger partial charge in [-0.1, -0.05) is 0 Å². The second-order valence-electron chi connectivity index (χ2n) is 3.07. The average Bonchev–Trinajstić information content (AvgIpc) is 2.27. The molecule has 0 saturated heterocycles. The summed E-state index contributed by atoms with van der Waals surface area (Å²) in [6.45, 7) is 0.301. The zero-order valence-corrected chi connectivity index (χ0v) is 7.69. The molecule has 0 aliphatic carbocycles. The van der Waals surface area contributed by atoms with Crippen molar-refractivity contribution in [2.45, 2.75) is 6.61 Å². The van der Waals surface area contributed by atoms with Gasteiger partial charge in [-0.25, -0.2) is 0 Å². The number of aromatic carboxylic acids is 1. The van der Waals surface area contributed by atoms with Crippen LogP contribution in [0.3, 0.4) is 0 Å². The molecule has 1 aliphatic rings. The SMILES string of the molecule is O=Cc1cc(C(=O)[O-])cc2c1OCOC2. The normalized spacial score (nSPS) is 13.9. The maximum Gasteiger partial charge on any atom is 0.189 e. The van der Waals surface area contributed by atoms with E-state index in [0.717, 1.165) is 0 Å². The standard InChI is InChI=1S/C10H8O5/c11-3-7-1-6(10(12)13)2-8-4-14-5-15-9(7)8/h1-3H,4-5H2,(H,12,13)/p-1. The van der Waals surface area contributed by atoms with Crippen molar-refractivity contribution in [1.29, 1.82) is 0 Å². The Balaban J connectivity index is 2.57. The number of benzene rings is 1. The van der Waals surface area contributed by atoms with E-state index in [1.54, 1.807) is 0 Å². The van der Waals surface area contributed by atoms with Crippen LogP contribution in [0.4, 0.5) is 0 Å². The van der Waals surface area contributed by atoms with Crippen LogP contribution in [0.1, 0.15) is 26.3 Å². The molecule has 0 spiro atoms. The molecule has 5 heteroatoms. The highest BCUT2D eigenvalue weighted by molar-refractivity contribution is 5.91. The van der Waals surface area contributed by atoms with E-state index < -0.39 is 5.97 Å². The minimum absolute atomic E-state index is 0.0510. The van der Waals surface area contributed by atoms with Crippen molar-refractivity contribution in [1.82, 2.24) is 0 Å². The van der Waals surface area contributed by atoms with E-state index in [1.807, 2.05) is 0 Å². The number of carboxylic acid groups (broad SMARTS) is 1. The molecule has 0 amide bonds. The van der Waals surface area contributed by atoms with Gasteiger partial charge >= 0.3 is 0 Å². The Morgan fingerprint density at radius 3 is 2.93 bits per heavy atom. The molecule has 78 valence electrons. The predicted molar refractivity (Wildman–Crippen MR) is 46.4 cm³/mol. The number of rotatable bonds is 2. The first-order valence-electron chi connectivity index (χ1n) is 4.26. The number of hydrogen-bond donors (Lipinski definition) is 0. The maximum atomic E-state index is 10.7. The Hall–Kier alpha value is -1.88. The van der Waals surface area contributed by atoms with Crippen LogP contribution in [-0.2, 0) is 11.3 Å². The van der Waals surface area contributed by atoms with Crippen LogP contribution < -0.4 is 9.84 Å². The molecule has 0 unspecified atom stereocenters. The highest BCUT2D eigenvalue weighted by atomic mass is 16.7. The summed E-state index contributed by atoms with van der Waals surface area (Å²) < 4.78 is 10.1. The lowest BCUT2D eigenvalue weighted by molar-refractivity contribution is -0.255. The van der Waals surface area contributed by atoms with Gasteiger partial charge in [0, 0.05) is 5.56 Å². The fourth-order valence-electron chi connectivity index (χ4n) is 1.45. The van der Waals surface area contributed by atoms with E-state index in [0.29, 0.717) is 17.6 Å². The Morgan fingerprint density at radius 2 is 2.27 bits per heavy atom. The van der Waals surface area contributed by atoms with E-state index in [1.165, 1.54) is 12.1 Å². The number of ether oxygens (including phenoxy) is 2. The fourth-order valence-corrected chi connectivity index (χ4v) is 1.45. The molecule has 0 saturated carbocycles. The topological polar surface area (TPSA) is 75.7 Å². The number of fused-ring (bicyclic) bond motifs is 1. The van der Waals surface area contributed by atoms with Crippen LogP contribution >= 0.6 is 0 Å². The first-order chi connectivity index (χ1) is 7.22. The summed E-state index contributed by atoms with van der Waals surface area (Å²) in [6.07, 6.45) is 0.552. The molecular formula is C10H7O5-. The van der Waals surface area contributed by atoms with Crippen molar-refractivity contribution in [2.24, 2.45) is 0 Å². The Labute approximate surface area is 85.2 Å². The van der Waals surface area contributed by atoms with Gasteiger partial charge in [-0.05, 0) is 17.7 Å². The number of carbonyl (C=O) groups is 2. The van der Waals surface area contributed by atoms with Crippen molar-refractivity contribution in [3.63, 3.8) is 0 Å². The number of carboxylic acids is 1. The molecule has 2 rings (SSSR count). The quantitative estimate of drug-likeness (QED) is 0.624. The molecule has 0 aromatic heterocycles. The maximum absolute atomic E-state index is 10.7. The lowest BCUT2D eigenvalue weighted by Gasteiger charge is -2.20. The molecule has 0 atom stereocenters. The number of carbonyl (C=O) groups excluding carboxylic acids is 2. The molecule has 1 aromatic rings. The predicted octanol–water partition coefficient (Wildman–Crippen LogP) is -0.271. The van der Waals surface area contributed by atoms with Gasteiger partial charge in [0.1, 0.15) is 5.75 Å². The monoisotopic (exact) mass is 207 g/mol. The van der Waals surface area contributed by atoms with Gasteiger partial charge in [0.05, 0.1) is 18.1 Å². The first kappa shape index (κ1) is 9.67. The van der Waals surface area contributed by atoms with Crippen LogP contribution in [-0.4, -0.2) is 19.0 Å². The van der Waals surface area contributed by atoms with Crippen molar-refractivity contribution in [3.05, 3.63) is 28.8 Å². The molecule has 5 nitrogen and oxygen atoms in total. The van der Waals surface area contributed by atoms with Gasteiger partial charge in [-0.2, -0.15) is 0 Å². The van der Waals surface area contributed by atoms with Crippen LogP contribution in [0.15, 0.2) is 12.1 Å². The van der Waals surface area contributed by atoms with Gasteiger partial charge in [0.15, 0.2) is 13.1 Å². The minimum Gasteiger partial charge on any atom is -0.545 e. The largest absolute Gasteiger partial charge is 0.545 e. The second-order valence-corrected chi connectivity index (χ2v) is 3.07. The zero-order valence-electron chi connectivity index (χ0n) is 7.69. The molecule has 1 aromatic carbocycles. The average molecular weight is 207 g/mol. The van der Waals surface area contributed by atoms with E-state index in [4.69, 9.17) is 9.47 Å². The highest BCUT2D eigenvalue weighted by Crippen LogP contribution is 2.28. The van der Waals surface area contributed by atoms with E-state index in [-0.39, 0.29) is 24.5 Å². The zero-order chi connectivity index (χ0) is 10.8. The molecule has 15 heavy (non-hydrogen) atoms. The van der Waals surface area contributed by atoms with Crippen molar-refractivity contribution in [3.8, 4) is 5.75 Å². The highest BCUT2D eigenvalue weighted by Gasteiger charge is 2.16. The Kier molecular flexibility index (Phi) is 2.39. The lowest BCUT2D eigenvalue weighted by Crippen LogP contribution is -2.23. The third-order valence-electron chi connectivity index (χ3n) is 2.10. The number of aldehydes is 1. The minimum atomic E-state index is -1.33. The van der Waals surface area contributed by atoms with E-state index in [2.05, 4.69) is 0 Å². The summed E-state index contributed by atoms with van der Waals surface area (Å²) in [5.41, 5.74) is 0.699. The molecule has 0 bridgehead atoms. The first-order valence-corrected chi connectivity index (χ1v) is 4.26. The third kappa shape index (κ3) is 1.69.